The number of aromatic amines is 1. The van der Waals surface area contributed by atoms with Crippen LogP contribution in [0.3, 0.4) is 0 Å². The van der Waals surface area contributed by atoms with Crippen molar-refractivity contribution in [1.82, 2.24) is 14.9 Å². The zero-order chi connectivity index (χ0) is 18.6. The molecule has 140 valence electrons. The van der Waals surface area contributed by atoms with Gasteiger partial charge in [0.1, 0.15) is 5.82 Å². The number of imidazole rings is 1. The van der Waals surface area contributed by atoms with Crippen molar-refractivity contribution in [2.24, 2.45) is 0 Å². The van der Waals surface area contributed by atoms with E-state index in [1.807, 2.05) is 42.5 Å². The SMILES string of the molecule is S=C(Nc1cccc(Cl)c1)N(CCc1nc2ccccc2[nH]1)C1CCCC1. The van der Waals surface area contributed by atoms with E-state index in [4.69, 9.17) is 28.8 Å². The largest absolute Gasteiger partial charge is 0.346 e. The molecule has 0 radical (unpaired) electrons. The first kappa shape index (κ1) is 18.3. The quantitative estimate of drug-likeness (QED) is 0.564. The van der Waals surface area contributed by atoms with Crippen molar-refractivity contribution in [3.8, 4) is 0 Å². The Bertz CT molecular complexity index is 900. The molecule has 0 bridgehead atoms. The van der Waals surface area contributed by atoms with Gasteiger partial charge in [-0.25, -0.2) is 4.98 Å². The van der Waals surface area contributed by atoms with Crippen molar-refractivity contribution < 1.29 is 0 Å². The minimum Gasteiger partial charge on any atom is -0.346 e. The van der Waals surface area contributed by atoms with Gasteiger partial charge in [0.2, 0.25) is 0 Å². The van der Waals surface area contributed by atoms with Crippen molar-refractivity contribution in [3.05, 3.63) is 59.4 Å². The Morgan fingerprint density at radius 3 is 2.78 bits per heavy atom. The van der Waals surface area contributed by atoms with Crippen LogP contribution in [0, 0.1) is 0 Å². The van der Waals surface area contributed by atoms with Crippen molar-refractivity contribution in [2.45, 2.75) is 38.1 Å². The number of para-hydroxylation sites is 2. The highest BCUT2D eigenvalue weighted by Gasteiger charge is 2.25. The second kappa shape index (κ2) is 8.28. The van der Waals surface area contributed by atoms with Crippen LogP contribution >= 0.6 is 23.8 Å². The Balaban J connectivity index is 1.47. The lowest BCUT2D eigenvalue weighted by Gasteiger charge is -2.31. The van der Waals surface area contributed by atoms with Gasteiger partial charge in [-0.05, 0) is 55.4 Å². The highest BCUT2D eigenvalue weighted by molar-refractivity contribution is 7.80. The second-order valence-corrected chi connectivity index (χ2v) is 7.85. The van der Waals surface area contributed by atoms with Crippen LogP contribution in [0.1, 0.15) is 31.5 Å². The molecule has 1 heterocycles. The second-order valence-electron chi connectivity index (χ2n) is 7.02. The first-order chi connectivity index (χ1) is 13.2. The third-order valence-corrected chi connectivity index (χ3v) is 5.70. The van der Waals surface area contributed by atoms with E-state index >= 15 is 0 Å². The monoisotopic (exact) mass is 398 g/mol. The molecule has 0 atom stereocenters. The lowest BCUT2D eigenvalue weighted by Crippen LogP contribution is -2.42. The zero-order valence-electron chi connectivity index (χ0n) is 15.1. The van der Waals surface area contributed by atoms with E-state index in [0.29, 0.717) is 11.1 Å². The number of hydrogen-bond acceptors (Lipinski definition) is 2. The number of hydrogen-bond donors (Lipinski definition) is 2. The van der Waals surface area contributed by atoms with E-state index in [0.717, 1.165) is 40.6 Å². The molecule has 1 aliphatic carbocycles. The summed E-state index contributed by atoms with van der Waals surface area (Å²) in [7, 11) is 0. The highest BCUT2D eigenvalue weighted by Crippen LogP contribution is 2.25. The molecule has 4 nitrogen and oxygen atoms in total. The summed E-state index contributed by atoms with van der Waals surface area (Å²) in [6, 6.07) is 16.3. The van der Waals surface area contributed by atoms with Crippen LogP contribution in [0.15, 0.2) is 48.5 Å². The van der Waals surface area contributed by atoms with Gasteiger partial charge in [-0.3, -0.25) is 0 Å². The summed E-state index contributed by atoms with van der Waals surface area (Å²) in [5, 5.41) is 4.84. The highest BCUT2D eigenvalue weighted by atomic mass is 35.5. The number of thiocarbonyl (C=S) groups is 1. The van der Waals surface area contributed by atoms with Crippen LogP contribution in [0.5, 0.6) is 0 Å². The van der Waals surface area contributed by atoms with Crippen molar-refractivity contribution in [2.75, 3.05) is 11.9 Å². The Morgan fingerprint density at radius 1 is 1.19 bits per heavy atom. The van der Waals surface area contributed by atoms with Gasteiger partial charge in [0, 0.05) is 29.7 Å². The Morgan fingerprint density at radius 2 is 2.00 bits per heavy atom. The van der Waals surface area contributed by atoms with Gasteiger partial charge in [-0.15, -0.1) is 0 Å². The summed E-state index contributed by atoms with van der Waals surface area (Å²) in [4.78, 5) is 10.5. The minimum absolute atomic E-state index is 0.494. The number of rotatable bonds is 5. The Labute approximate surface area is 169 Å². The first-order valence-electron chi connectivity index (χ1n) is 9.46. The number of halogens is 1. The summed E-state index contributed by atoms with van der Waals surface area (Å²) in [5.74, 6) is 1.00. The van der Waals surface area contributed by atoms with Gasteiger partial charge in [0.05, 0.1) is 11.0 Å². The summed E-state index contributed by atoms with van der Waals surface area (Å²) < 4.78 is 0. The molecule has 0 spiro atoms. The Kier molecular flexibility index (Phi) is 5.60. The van der Waals surface area contributed by atoms with E-state index in [-0.39, 0.29) is 0 Å². The minimum atomic E-state index is 0.494. The summed E-state index contributed by atoms with van der Waals surface area (Å²) in [6.45, 7) is 0.844. The summed E-state index contributed by atoms with van der Waals surface area (Å²) in [5.41, 5.74) is 3.03. The maximum absolute atomic E-state index is 6.11. The summed E-state index contributed by atoms with van der Waals surface area (Å²) >= 11 is 11.9. The van der Waals surface area contributed by atoms with Crippen LogP contribution in [0.25, 0.3) is 11.0 Å². The van der Waals surface area contributed by atoms with Crippen LogP contribution in [-0.2, 0) is 6.42 Å². The van der Waals surface area contributed by atoms with E-state index in [1.165, 1.54) is 25.7 Å². The lowest BCUT2D eigenvalue weighted by molar-refractivity contribution is 0.320. The molecule has 6 heteroatoms. The van der Waals surface area contributed by atoms with Crippen LogP contribution in [0.2, 0.25) is 5.02 Å². The van der Waals surface area contributed by atoms with Gasteiger partial charge in [0.15, 0.2) is 5.11 Å². The predicted octanol–water partition coefficient (Wildman–Crippen LogP) is 5.40. The summed E-state index contributed by atoms with van der Waals surface area (Å²) in [6.07, 6.45) is 5.76. The standard InChI is InChI=1S/C21H23ClN4S/c22-15-6-5-7-16(14-15)23-21(27)26(17-8-1-2-9-17)13-12-20-24-18-10-3-4-11-19(18)25-20/h3-7,10-11,14,17H,1-2,8-9,12-13H2,(H,23,27)(H,24,25). The normalized spacial score (nSPS) is 14.6. The molecule has 0 amide bonds. The number of H-pyrrole nitrogens is 1. The average molecular weight is 399 g/mol. The Hall–Kier alpha value is -2.11. The van der Waals surface area contributed by atoms with Crippen molar-refractivity contribution >= 4 is 45.7 Å². The van der Waals surface area contributed by atoms with Crippen LogP contribution < -0.4 is 5.32 Å². The van der Waals surface area contributed by atoms with E-state index < -0.39 is 0 Å². The third-order valence-electron chi connectivity index (χ3n) is 5.13. The molecular formula is C21H23ClN4S. The molecule has 1 aromatic heterocycles. The molecule has 1 aliphatic rings. The fourth-order valence-electron chi connectivity index (χ4n) is 3.78. The fraction of sp³-hybridized carbons (Fsp3) is 0.333. The van der Waals surface area contributed by atoms with Gasteiger partial charge in [0.25, 0.3) is 0 Å². The molecular weight excluding hydrogens is 376 g/mol. The van der Waals surface area contributed by atoms with Crippen molar-refractivity contribution in [1.29, 1.82) is 0 Å². The van der Waals surface area contributed by atoms with Crippen LogP contribution in [-0.4, -0.2) is 32.6 Å². The molecule has 4 rings (SSSR count). The van der Waals surface area contributed by atoms with Gasteiger partial charge in [-0.2, -0.15) is 0 Å². The van der Waals surface area contributed by atoms with Gasteiger partial charge >= 0.3 is 0 Å². The topological polar surface area (TPSA) is 44.0 Å². The molecule has 1 fully saturated rings. The van der Waals surface area contributed by atoms with E-state index in [1.54, 1.807) is 0 Å². The number of anilines is 1. The molecule has 27 heavy (non-hydrogen) atoms. The van der Waals surface area contributed by atoms with Crippen molar-refractivity contribution in [3.63, 3.8) is 0 Å². The number of nitrogens with zero attached hydrogens (tertiary/aromatic N) is 2. The fourth-order valence-corrected chi connectivity index (χ4v) is 4.33. The molecule has 0 unspecified atom stereocenters. The molecule has 2 aromatic carbocycles. The molecule has 2 N–H and O–H groups in total. The van der Waals surface area contributed by atoms with Gasteiger partial charge in [-0.1, -0.05) is 42.6 Å². The third kappa shape index (κ3) is 4.42. The number of aromatic nitrogens is 2. The van der Waals surface area contributed by atoms with E-state index in [2.05, 4.69) is 21.3 Å². The van der Waals surface area contributed by atoms with Crippen LogP contribution in [0.4, 0.5) is 5.69 Å². The first-order valence-corrected chi connectivity index (χ1v) is 10.2. The number of nitrogens with one attached hydrogen (secondary N) is 2. The zero-order valence-corrected chi connectivity index (χ0v) is 16.7. The maximum Gasteiger partial charge on any atom is 0.173 e. The average Bonchev–Trinajstić information content (AvgIpc) is 3.31. The lowest BCUT2D eigenvalue weighted by atomic mass is 10.2. The molecule has 0 saturated heterocycles. The smallest absolute Gasteiger partial charge is 0.173 e. The number of fused-ring (bicyclic) bond motifs is 1. The molecule has 3 aromatic rings. The van der Waals surface area contributed by atoms with Gasteiger partial charge < -0.3 is 15.2 Å². The molecule has 1 saturated carbocycles. The predicted molar refractivity (Wildman–Crippen MR) is 116 cm³/mol. The maximum atomic E-state index is 6.11. The number of benzene rings is 2. The molecule has 0 aliphatic heterocycles. The van der Waals surface area contributed by atoms with E-state index in [9.17, 15) is 0 Å².